The molecule has 2 rings (SSSR count). The molecule has 0 amide bonds. The van der Waals surface area contributed by atoms with Crippen molar-refractivity contribution < 1.29 is 0 Å². The first kappa shape index (κ1) is 12.9. The van der Waals surface area contributed by atoms with Crippen molar-refractivity contribution in [1.29, 1.82) is 0 Å². The van der Waals surface area contributed by atoms with E-state index in [1.54, 1.807) is 0 Å². The molecule has 94 valence electrons. The zero-order valence-electron chi connectivity index (χ0n) is 10.6. The van der Waals surface area contributed by atoms with Gasteiger partial charge < -0.3 is 5.73 Å². The van der Waals surface area contributed by atoms with Gasteiger partial charge in [0.05, 0.1) is 0 Å². The van der Waals surface area contributed by atoms with Crippen molar-refractivity contribution in [2.75, 3.05) is 0 Å². The molecule has 0 bridgehead atoms. The van der Waals surface area contributed by atoms with Gasteiger partial charge >= 0.3 is 0 Å². The first-order valence-corrected chi connectivity index (χ1v) is 7.08. The minimum atomic E-state index is 0.159. The third-order valence-electron chi connectivity index (χ3n) is 3.99. The Bertz CT molecular complexity index is 367. The predicted octanol–water partition coefficient (Wildman–Crippen LogP) is 4.62. The Balaban J connectivity index is 2.11. The molecule has 0 aromatic heterocycles. The molecule has 1 unspecified atom stereocenters. The second kappa shape index (κ2) is 5.88. The Morgan fingerprint density at radius 3 is 2.41 bits per heavy atom. The van der Waals surface area contributed by atoms with E-state index < -0.39 is 0 Å². The van der Waals surface area contributed by atoms with Gasteiger partial charge in [0, 0.05) is 11.1 Å². The Hall–Kier alpha value is -0.530. The van der Waals surface area contributed by atoms with Crippen LogP contribution in [0.15, 0.2) is 18.2 Å². The SMILES string of the molecule is Cc1ccc(C(N)C2CCCCCC2)cc1Cl. The third-order valence-corrected chi connectivity index (χ3v) is 4.40. The van der Waals surface area contributed by atoms with Gasteiger partial charge in [0.25, 0.3) is 0 Å². The highest BCUT2D eigenvalue weighted by Crippen LogP contribution is 2.33. The molecule has 2 N–H and O–H groups in total. The summed E-state index contributed by atoms with van der Waals surface area (Å²) in [4.78, 5) is 0. The summed E-state index contributed by atoms with van der Waals surface area (Å²) >= 11 is 6.17. The Labute approximate surface area is 109 Å². The Kier molecular flexibility index (Phi) is 4.47. The molecule has 2 heteroatoms. The van der Waals surface area contributed by atoms with Crippen LogP contribution in [0.2, 0.25) is 5.02 Å². The number of halogens is 1. The molecular weight excluding hydrogens is 230 g/mol. The maximum Gasteiger partial charge on any atom is 0.0438 e. The van der Waals surface area contributed by atoms with Crippen LogP contribution in [0.4, 0.5) is 0 Å². The van der Waals surface area contributed by atoms with Gasteiger partial charge in [-0.25, -0.2) is 0 Å². The summed E-state index contributed by atoms with van der Waals surface area (Å²) in [6.07, 6.45) is 7.95. The fourth-order valence-electron chi connectivity index (χ4n) is 2.76. The first-order valence-electron chi connectivity index (χ1n) is 6.70. The Morgan fingerprint density at radius 1 is 1.18 bits per heavy atom. The van der Waals surface area contributed by atoms with Crippen LogP contribution in [0, 0.1) is 12.8 Å². The van der Waals surface area contributed by atoms with E-state index in [0.29, 0.717) is 5.92 Å². The number of hydrogen-bond acceptors (Lipinski definition) is 1. The molecule has 1 nitrogen and oxygen atoms in total. The molecule has 0 radical (unpaired) electrons. The second-order valence-corrected chi connectivity index (χ2v) is 5.69. The van der Waals surface area contributed by atoms with Crippen molar-refractivity contribution in [3.05, 3.63) is 34.3 Å². The van der Waals surface area contributed by atoms with E-state index in [9.17, 15) is 0 Å². The van der Waals surface area contributed by atoms with Crippen LogP contribution in [0.5, 0.6) is 0 Å². The molecule has 1 aliphatic rings. The average Bonchev–Trinajstić information content (AvgIpc) is 2.60. The zero-order valence-corrected chi connectivity index (χ0v) is 11.3. The predicted molar refractivity (Wildman–Crippen MR) is 74.3 cm³/mol. The van der Waals surface area contributed by atoms with Crippen molar-refractivity contribution in [1.82, 2.24) is 0 Å². The lowest BCUT2D eigenvalue weighted by atomic mass is 9.87. The van der Waals surface area contributed by atoms with Crippen LogP contribution >= 0.6 is 11.6 Å². The number of rotatable bonds is 2. The molecule has 1 aromatic carbocycles. The Morgan fingerprint density at radius 2 is 1.82 bits per heavy atom. The van der Waals surface area contributed by atoms with Gasteiger partial charge in [0.2, 0.25) is 0 Å². The molecule has 1 aliphatic carbocycles. The van der Waals surface area contributed by atoms with Crippen LogP contribution in [0.1, 0.15) is 55.7 Å². The molecule has 0 spiro atoms. The lowest BCUT2D eigenvalue weighted by molar-refractivity contribution is 0.382. The van der Waals surface area contributed by atoms with E-state index in [4.69, 9.17) is 17.3 Å². The summed E-state index contributed by atoms with van der Waals surface area (Å²) in [6, 6.07) is 6.42. The van der Waals surface area contributed by atoms with Crippen LogP contribution in [-0.4, -0.2) is 0 Å². The molecular formula is C15H22ClN. The van der Waals surface area contributed by atoms with E-state index in [1.807, 2.05) is 13.0 Å². The lowest BCUT2D eigenvalue weighted by Gasteiger charge is -2.23. The third kappa shape index (κ3) is 3.23. The summed E-state index contributed by atoms with van der Waals surface area (Å²) in [5.41, 5.74) is 8.73. The molecule has 0 heterocycles. The monoisotopic (exact) mass is 251 g/mol. The summed E-state index contributed by atoms with van der Waals surface area (Å²) in [7, 11) is 0. The second-order valence-electron chi connectivity index (χ2n) is 5.29. The minimum Gasteiger partial charge on any atom is -0.324 e. The van der Waals surface area contributed by atoms with E-state index in [0.717, 1.165) is 10.6 Å². The first-order chi connectivity index (χ1) is 8.18. The average molecular weight is 252 g/mol. The maximum atomic E-state index is 6.40. The zero-order chi connectivity index (χ0) is 12.3. The standard InChI is InChI=1S/C15H22ClN/c1-11-8-9-13(10-14(11)16)15(17)12-6-4-2-3-5-7-12/h8-10,12,15H,2-7,17H2,1H3. The van der Waals surface area contributed by atoms with E-state index in [1.165, 1.54) is 44.1 Å². The van der Waals surface area contributed by atoms with Gasteiger partial charge in [0.15, 0.2) is 0 Å². The van der Waals surface area contributed by atoms with Crippen molar-refractivity contribution in [3.8, 4) is 0 Å². The number of hydrogen-bond donors (Lipinski definition) is 1. The van der Waals surface area contributed by atoms with Gasteiger partial charge in [-0.05, 0) is 42.9 Å². The van der Waals surface area contributed by atoms with Gasteiger partial charge in [-0.15, -0.1) is 0 Å². The van der Waals surface area contributed by atoms with Gasteiger partial charge in [-0.1, -0.05) is 49.4 Å². The van der Waals surface area contributed by atoms with Crippen molar-refractivity contribution in [3.63, 3.8) is 0 Å². The van der Waals surface area contributed by atoms with Crippen molar-refractivity contribution >= 4 is 11.6 Å². The fourth-order valence-corrected chi connectivity index (χ4v) is 2.95. The highest BCUT2D eigenvalue weighted by Gasteiger charge is 2.21. The van der Waals surface area contributed by atoms with E-state index in [2.05, 4.69) is 12.1 Å². The van der Waals surface area contributed by atoms with Gasteiger partial charge in [0.1, 0.15) is 0 Å². The smallest absolute Gasteiger partial charge is 0.0438 e. The topological polar surface area (TPSA) is 26.0 Å². The van der Waals surface area contributed by atoms with Crippen LogP contribution in [0.25, 0.3) is 0 Å². The quantitative estimate of drug-likeness (QED) is 0.763. The number of aryl methyl sites for hydroxylation is 1. The fraction of sp³-hybridized carbons (Fsp3) is 0.600. The molecule has 0 saturated heterocycles. The molecule has 1 aromatic rings. The number of benzene rings is 1. The summed E-state index contributed by atoms with van der Waals surface area (Å²) in [5.74, 6) is 0.635. The van der Waals surface area contributed by atoms with Crippen LogP contribution < -0.4 is 5.73 Å². The van der Waals surface area contributed by atoms with Gasteiger partial charge in [-0.3, -0.25) is 0 Å². The molecule has 1 atom stereocenters. The molecule has 1 fully saturated rings. The maximum absolute atomic E-state index is 6.40. The lowest BCUT2D eigenvalue weighted by Crippen LogP contribution is -2.21. The highest BCUT2D eigenvalue weighted by atomic mass is 35.5. The number of nitrogens with two attached hydrogens (primary N) is 1. The van der Waals surface area contributed by atoms with Crippen LogP contribution in [0.3, 0.4) is 0 Å². The van der Waals surface area contributed by atoms with Gasteiger partial charge in [-0.2, -0.15) is 0 Å². The normalized spacial score (nSPS) is 19.9. The molecule has 1 saturated carbocycles. The minimum absolute atomic E-state index is 0.159. The van der Waals surface area contributed by atoms with Crippen LogP contribution in [-0.2, 0) is 0 Å². The van der Waals surface area contributed by atoms with Crippen molar-refractivity contribution in [2.45, 2.75) is 51.5 Å². The molecule has 0 aliphatic heterocycles. The summed E-state index contributed by atoms with van der Waals surface area (Å²) < 4.78 is 0. The largest absolute Gasteiger partial charge is 0.324 e. The highest BCUT2D eigenvalue weighted by molar-refractivity contribution is 6.31. The van der Waals surface area contributed by atoms with Crippen molar-refractivity contribution in [2.24, 2.45) is 11.7 Å². The molecule has 17 heavy (non-hydrogen) atoms. The van der Waals surface area contributed by atoms with E-state index >= 15 is 0 Å². The summed E-state index contributed by atoms with van der Waals surface area (Å²) in [6.45, 7) is 2.03. The van der Waals surface area contributed by atoms with E-state index in [-0.39, 0.29) is 6.04 Å². The summed E-state index contributed by atoms with van der Waals surface area (Å²) in [5, 5.41) is 0.839.